The number of fused-ring (bicyclic) bond motifs is 2. The molecule has 6 nitrogen and oxygen atoms in total. The molecular formula is C20H22N4O2. The zero-order valence-corrected chi connectivity index (χ0v) is 14.8. The van der Waals surface area contributed by atoms with E-state index in [4.69, 9.17) is 5.73 Å². The number of rotatable bonds is 4. The van der Waals surface area contributed by atoms with Crippen molar-refractivity contribution in [1.29, 1.82) is 0 Å². The van der Waals surface area contributed by atoms with Crippen LogP contribution in [0.5, 0.6) is 0 Å². The standard InChI is InChI=1S/C20H22N4O2/c1-2-20(11-18(25)26)7-5-13-9-14(3-4-15(13)10-20)16-12-22-17-6-8-23-24(17)19(16)21/h3-4,6,8-9,12H,2,5,7,10-11,21H2,1H3,(H,25,26). The highest BCUT2D eigenvalue weighted by molar-refractivity contribution is 5.75. The maximum Gasteiger partial charge on any atom is 0.303 e. The summed E-state index contributed by atoms with van der Waals surface area (Å²) in [6.07, 6.45) is 7.20. The van der Waals surface area contributed by atoms with Crippen LogP contribution in [0.2, 0.25) is 0 Å². The maximum atomic E-state index is 11.3. The summed E-state index contributed by atoms with van der Waals surface area (Å²) >= 11 is 0. The number of hydrogen-bond donors (Lipinski definition) is 2. The number of nitrogen functional groups attached to an aromatic ring is 1. The smallest absolute Gasteiger partial charge is 0.303 e. The Balaban J connectivity index is 1.70. The van der Waals surface area contributed by atoms with E-state index in [9.17, 15) is 9.90 Å². The third-order valence-electron chi connectivity index (χ3n) is 5.74. The molecule has 0 bridgehead atoms. The highest BCUT2D eigenvalue weighted by atomic mass is 16.4. The van der Waals surface area contributed by atoms with Gasteiger partial charge in [0.25, 0.3) is 0 Å². The second kappa shape index (κ2) is 6.12. The highest BCUT2D eigenvalue weighted by Gasteiger charge is 2.35. The highest BCUT2D eigenvalue weighted by Crippen LogP contribution is 2.42. The van der Waals surface area contributed by atoms with Gasteiger partial charge in [-0.05, 0) is 47.8 Å². The maximum absolute atomic E-state index is 11.3. The van der Waals surface area contributed by atoms with Crippen molar-refractivity contribution in [2.75, 3.05) is 5.73 Å². The lowest BCUT2D eigenvalue weighted by molar-refractivity contribution is -0.140. The molecule has 134 valence electrons. The number of carboxylic acids is 1. The van der Waals surface area contributed by atoms with E-state index >= 15 is 0 Å². The molecule has 0 fully saturated rings. The Labute approximate surface area is 151 Å². The average Bonchev–Trinajstić information content (AvgIpc) is 3.11. The molecule has 0 aliphatic heterocycles. The molecule has 1 aliphatic rings. The van der Waals surface area contributed by atoms with Gasteiger partial charge in [0.15, 0.2) is 5.65 Å². The average molecular weight is 350 g/mol. The van der Waals surface area contributed by atoms with E-state index in [2.05, 4.69) is 29.1 Å². The summed E-state index contributed by atoms with van der Waals surface area (Å²) in [5.74, 6) is -0.136. The van der Waals surface area contributed by atoms with E-state index in [1.54, 1.807) is 16.9 Å². The molecule has 2 aromatic heterocycles. The van der Waals surface area contributed by atoms with Gasteiger partial charge < -0.3 is 10.8 Å². The second-order valence-corrected chi connectivity index (χ2v) is 7.24. The normalized spacial score (nSPS) is 19.4. The molecule has 2 heterocycles. The molecule has 0 amide bonds. The Morgan fingerprint density at radius 2 is 2.19 bits per heavy atom. The van der Waals surface area contributed by atoms with Crippen molar-refractivity contribution < 1.29 is 9.90 Å². The van der Waals surface area contributed by atoms with Crippen molar-refractivity contribution in [2.45, 2.75) is 39.0 Å². The number of carboxylic acid groups (broad SMARTS) is 1. The number of aryl methyl sites for hydroxylation is 1. The summed E-state index contributed by atoms with van der Waals surface area (Å²) < 4.78 is 1.64. The van der Waals surface area contributed by atoms with Crippen LogP contribution < -0.4 is 5.73 Å². The zero-order chi connectivity index (χ0) is 18.3. The van der Waals surface area contributed by atoms with Gasteiger partial charge in [0, 0.05) is 17.8 Å². The number of hydrogen-bond acceptors (Lipinski definition) is 4. The van der Waals surface area contributed by atoms with Gasteiger partial charge >= 0.3 is 5.97 Å². The number of nitrogens with two attached hydrogens (primary N) is 1. The van der Waals surface area contributed by atoms with Gasteiger partial charge in [-0.3, -0.25) is 4.79 Å². The molecule has 3 N–H and O–H groups in total. The van der Waals surface area contributed by atoms with Crippen LogP contribution in [0.1, 0.15) is 37.3 Å². The lowest BCUT2D eigenvalue weighted by Crippen LogP contribution is -2.31. The number of aromatic nitrogens is 3. The number of anilines is 1. The summed E-state index contributed by atoms with van der Waals surface area (Å²) in [4.78, 5) is 15.7. The van der Waals surface area contributed by atoms with Gasteiger partial charge in [-0.2, -0.15) is 9.61 Å². The van der Waals surface area contributed by atoms with Crippen molar-refractivity contribution >= 4 is 17.4 Å². The summed E-state index contributed by atoms with van der Waals surface area (Å²) in [6, 6.07) is 8.15. The first kappa shape index (κ1) is 16.6. The first-order valence-corrected chi connectivity index (χ1v) is 8.93. The Hall–Kier alpha value is -2.89. The molecule has 1 atom stereocenters. The van der Waals surface area contributed by atoms with E-state index < -0.39 is 5.97 Å². The number of benzene rings is 1. The van der Waals surface area contributed by atoms with Gasteiger partial charge in [0.1, 0.15) is 5.82 Å². The van der Waals surface area contributed by atoms with Crippen LogP contribution >= 0.6 is 0 Å². The van der Waals surface area contributed by atoms with Gasteiger partial charge in [-0.15, -0.1) is 0 Å². The molecule has 0 spiro atoms. The molecule has 4 rings (SSSR count). The van der Waals surface area contributed by atoms with Gasteiger partial charge in [0.2, 0.25) is 0 Å². The van der Waals surface area contributed by atoms with Crippen LogP contribution in [0, 0.1) is 5.41 Å². The Morgan fingerprint density at radius 1 is 1.35 bits per heavy atom. The van der Waals surface area contributed by atoms with E-state index in [0.717, 1.165) is 42.5 Å². The van der Waals surface area contributed by atoms with Crippen molar-refractivity contribution in [3.8, 4) is 11.1 Å². The van der Waals surface area contributed by atoms with Gasteiger partial charge in [0.05, 0.1) is 12.6 Å². The van der Waals surface area contributed by atoms with Gasteiger partial charge in [-0.25, -0.2) is 4.98 Å². The van der Waals surface area contributed by atoms with Gasteiger partial charge in [-0.1, -0.05) is 25.1 Å². The summed E-state index contributed by atoms with van der Waals surface area (Å²) in [6.45, 7) is 2.09. The monoisotopic (exact) mass is 350 g/mol. The molecule has 0 saturated heterocycles. The van der Waals surface area contributed by atoms with Crippen molar-refractivity contribution in [3.05, 3.63) is 47.8 Å². The zero-order valence-electron chi connectivity index (χ0n) is 14.8. The molecule has 0 saturated carbocycles. The first-order chi connectivity index (χ1) is 12.5. The molecule has 1 unspecified atom stereocenters. The topological polar surface area (TPSA) is 93.5 Å². The Kier molecular flexibility index (Phi) is 3.90. The van der Waals surface area contributed by atoms with Crippen LogP contribution in [0.25, 0.3) is 16.8 Å². The molecular weight excluding hydrogens is 328 g/mol. The molecule has 6 heteroatoms. The third kappa shape index (κ3) is 2.71. The van der Waals surface area contributed by atoms with E-state index in [1.165, 1.54) is 11.1 Å². The van der Waals surface area contributed by atoms with Crippen molar-refractivity contribution in [1.82, 2.24) is 14.6 Å². The van der Waals surface area contributed by atoms with Crippen LogP contribution in [-0.2, 0) is 17.6 Å². The SMILES string of the molecule is CCC1(CC(=O)O)CCc2cc(-c3cnc4ccnn4c3N)ccc2C1. The van der Waals surface area contributed by atoms with Crippen molar-refractivity contribution in [3.63, 3.8) is 0 Å². The largest absolute Gasteiger partial charge is 0.481 e. The number of aliphatic carboxylic acids is 1. The molecule has 3 aromatic rings. The first-order valence-electron chi connectivity index (χ1n) is 8.93. The van der Waals surface area contributed by atoms with Crippen molar-refractivity contribution in [2.24, 2.45) is 5.41 Å². The van der Waals surface area contributed by atoms with E-state index in [0.29, 0.717) is 5.82 Å². The summed E-state index contributed by atoms with van der Waals surface area (Å²) in [5.41, 5.74) is 11.3. The summed E-state index contributed by atoms with van der Waals surface area (Å²) in [5, 5.41) is 13.5. The fourth-order valence-corrected chi connectivity index (χ4v) is 4.10. The number of carbonyl (C=O) groups is 1. The molecule has 26 heavy (non-hydrogen) atoms. The minimum Gasteiger partial charge on any atom is -0.481 e. The Bertz CT molecular complexity index is 995. The van der Waals surface area contributed by atoms with Crippen LogP contribution in [0.15, 0.2) is 36.7 Å². The van der Waals surface area contributed by atoms with Crippen LogP contribution in [0.3, 0.4) is 0 Å². The minimum atomic E-state index is -0.710. The molecule has 1 aromatic carbocycles. The number of nitrogens with zero attached hydrogens (tertiary/aromatic N) is 3. The summed E-state index contributed by atoms with van der Waals surface area (Å²) in [7, 11) is 0. The Morgan fingerprint density at radius 3 is 2.96 bits per heavy atom. The van der Waals surface area contributed by atoms with Crippen LogP contribution in [-0.4, -0.2) is 25.7 Å². The quantitative estimate of drug-likeness (QED) is 0.753. The molecule has 1 aliphatic carbocycles. The second-order valence-electron chi connectivity index (χ2n) is 7.24. The fourth-order valence-electron chi connectivity index (χ4n) is 4.10. The fraction of sp³-hybridized carbons (Fsp3) is 0.350. The third-order valence-corrected chi connectivity index (χ3v) is 5.74. The van der Waals surface area contributed by atoms with E-state index in [1.807, 2.05) is 12.1 Å². The minimum absolute atomic E-state index is 0.130. The van der Waals surface area contributed by atoms with Crippen LogP contribution in [0.4, 0.5) is 5.82 Å². The lowest BCUT2D eigenvalue weighted by Gasteiger charge is -2.36. The predicted octanol–water partition coefficient (Wildman–Crippen LogP) is 3.34. The molecule has 0 radical (unpaired) electrons. The lowest BCUT2D eigenvalue weighted by atomic mass is 9.68. The predicted molar refractivity (Wildman–Crippen MR) is 99.8 cm³/mol. The van der Waals surface area contributed by atoms with E-state index in [-0.39, 0.29) is 11.8 Å².